The van der Waals surface area contributed by atoms with Gasteiger partial charge in [0.05, 0.1) is 28.9 Å². The van der Waals surface area contributed by atoms with Gasteiger partial charge in [-0.3, -0.25) is 9.78 Å². The Morgan fingerprint density at radius 3 is 2.62 bits per heavy atom. The van der Waals surface area contributed by atoms with Gasteiger partial charge in [0.1, 0.15) is 18.2 Å². The van der Waals surface area contributed by atoms with Gasteiger partial charge in [-0.05, 0) is 87.2 Å². The molecule has 0 aliphatic carbocycles. The summed E-state index contributed by atoms with van der Waals surface area (Å²) in [5, 5.41) is 1.93. The highest BCUT2D eigenvalue weighted by atomic mass is 16.5. The number of ketones is 1. The van der Waals surface area contributed by atoms with Crippen LogP contribution in [0, 0.1) is 6.92 Å². The molecule has 4 heterocycles. The summed E-state index contributed by atoms with van der Waals surface area (Å²) in [5.74, 6) is 0.777. The van der Waals surface area contributed by atoms with Crippen molar-refractivity contribution in [3.05, 3.63) is 78.0 Å². The number of pyridine rings is 2. The van der Waals surface area contributed by atoms with E-state index < -0.39 is 11.7 Å². The average Bonchev–Trinajstić information content (AvgIpc) is 2.91. The smallest absolute Gasteiger partial charge is 0.163 e. The average molecular weight is 519 g/mol. The second kappa shape index (κ2) is 9.50. The second-order valence-electron chi connectivity index (χ2n) is 11.0. The summed E-state index contributed by atoms with van der Waals surface area (Å²) in [5.41, 5.74) is 7.52. The second-order valence-corrected chi connectivity index (χ2v) is 11.0. The molecule has 0 fully saturated rings. The number of rotatable bonds is 5. The predicted molar refractivity (Wildman–Crippen MR) is 152 cm³/mol. The lowest BCUT2D eigenvalue weighted by molar-refractivity contribution is -0.138. The molecule has 0 saturated heterocycles. The molecular formula is C32H30N4O3. The molecule has 39 heavy (non-hydrogen) atoms. The third-order valence-corrected chi connectivity index (χ3v) is 7.04. The predicted octanol–water partition coefficient (Wildman–Crippen LogP) is 6.60. The molecule has 0 unspecified atom stereocenters. The molecule has 0 bridgehead atoms. The number of carbonyl (C=O) groups is 1. The van der Waals surface area contributed by atoms with Crippen LogP contribution in [0.1, 0.15) is 50.5 Å². The van der Waals surface area contributed by atoms with Crippen LogP contribution in [0.2, 0.25) is 0 Å². The van der Waals surface area contributed by atoms with E-state index in [1.54, 1.807) is 19.3 Å². The fourth-order valence-corrected chi connectivity index (χ4v) is 5.44. The fourth-order valence-electron chi connectivity index (χ4n) is 5.44. The van der Waals surface area contributed by atoms with Crippen LogP contribution in [0.25, 0.3) is 44.2 Å². The van der Waals surface area contributed by atoms with Crippen LogP contribution in [0.3, 0.4) is 0 Å². The Kier molecular flexibility index (Phi) is 6.11. The van der Waals surface area contributed by atoms with Crippen molar-refractivity contribution in [3.8, 4) is 28.1 Å². The van der Waals surface area contributed by atoms with E-state index in [1.807, 2.05) is 58.2 Å². The van der Waals surface area contributed by atoms with Crippen molar-refractivity contribution in [2.75, 3.05) is 6.61 Å². The van der Waals surface area contributed by atoms with Gasteiger partial charge in [0.25, 0.3) is 0 Å². The Bertz CT molecular complexity index is 1730. The van der Waals surface area contributed by atoms with E-state index in [0.717, 1.165) is 67.5 Å². The molecule has 3 aromatic heterocycles. The monoisotopic (exact) mass is 518 g/mol. The molecular weight excluding hydrogens is 488 g/mol. The number of fused-ring (bicyclic) bond motifs is 1. The van der Waals surface area contributed by atoms with Gasteiger partial charge in [-0.2, -0.15) is 0 Å². The molecule has 196 valence electrons. The Balaban J connectivity index is 1.70. The summed E-state index contributed by atoms with van der Waals surface area (Å²) in [4.78, 5) is 31.3. The Morgan fingerprint density at radius 2 is 1.87 bits per heavy atom. The number of aryl methyl sites for hydroxylation is 1. The number of aromatic nitrogens is 4. The number of carbonyl (C=O) groups excluding carboxylic acids is 1. The molecule has 5 aromatic rings. The lowest BCUT2D eigenvalue weighted by Crippen LogP contribution is -2.27. The topological polar surface area (TPSA) is 87.1 Å². The first-order chi connectivity index (χ1) is 18.7. The van der Waals surface area contributed by atoms with E-state index in [-0.39, 0.29) is 5.78 Å². The zero-order valence-corrected chi connectivity index (χ0v) is 22.8. The number of hydrogen-bond acceptors (Lipinski definition) is 7. The zero-order chi connectivity index (χ0) is 27.3. The first kappa shape index (κ1) is 25.1. The minimum atomic E-state index is -0.756. The van der Waals surface area contributed by atoms with Gasteiger partial charge >= 0.3 is 0 Å². The van der Waals surface area contributed by atoms with Gasteiger partial charge in [0, 0.05) is 46.9 Å². The molecule has 0 N–H and O–H groups in total. The van der Waals surface area contributed by atoms with Crippen molar-refractivity contribution in [1.82, 2.24) is 19.9 Å². The quantitative estimate of drug-likeness (QED) is 0.259. The highest BCUT2D eigenvalue weighted by molar-refractivity contribution is 6.08. The first-order valence-electron chi connectivity index (χ1n) is 13.1. The van der Waals surface area contributed by atoms with Gasteiger partial charge in [-0.25, -0.2) is 15.0 Å². The van der Waals surface area contributed by atoms with E-state index in [2.05, 4.69) is 22.1 Å². The summed E-state index contributed by atoms with van der Waals surface area (Å²) in [6, 6.07) is 12.2. The standard InChI is InChI=1S/C32H30N4O3/c1-18-14-25-22(6-8-24(36-25)21-15-33-17-34-16-21)29(27(18)31(19(2)37)39-32(3,4)5)23-7-9-26-28-20(11-13-38-26)10-12-35-30(23)28/h6-10,12,14-17,31H,11,13H2,1-5H3/t31-/m1/s1. The van der Waals surface area contributed by atoms with E-state index in [0.29, 0.717) is 6.61 Å². The van der Waals surface area contributed by atoms with Crippen molar-refractivity contribution >= 4 is 27.6 Å². The normalized spacial score (nSPS) is 13.9. The third-order valence-electron chi connectivity index (χ3n) is 7.04. The maximum absolute atomic E-state index is 13.2. The van der Waals surface area contributed by atoms with Gasteiger partial charge in [0.15, 0.2) is 5.78 Å². The summed E-state index contributed by atoms with van der Waals surface area (Å²) in [6.45, 7) is 10.2. The van der Waals surface area contributed by atoms with Crippen LogP contribution in [0.5, 0.6) is 5.75 Å². The van der Waals surface area contributed by atoms with Crippen molar-refractivity contribution in [3.63, 3.8) is 0 Å². The number of nitrogens with zero attached hydrogens (tertiary/aromatic N) is 4. The van der Waals surface area contributed by atoms with Crippen molar-refractivity contribution in [1.29, 1.82) is 0 Å². The molecule has 6 rings (SSSR count). The molecule has 0 radical (unpaired) electrons. The van der Waals surface area contributed by atoms with Crippen LogP contribution in [-0.2, 0) is 16.0 Å². The number of Topliss-reactive ketones (excluding diaryl/α,β-unsaturated/α-hetero) is 1. The Hall–Kier alpha value is -4.23. The highest BCUT2D eigenvalue weighted by Gasteiger charge is 2.31. The minimum Gasteiger partial charge on any atom is -0.493 e. The van der Waals surface area contributed by atoms with E-state index >= 15 is 0 Å². The van der Waals surface area contributed by atoms with E-state index in [9.17, 15) is 4.79 Å². The lowest BCUT2D eigenvalue weighted by atomic mass is 9.85. The molecule has 0 spiro atoms. The number of ether oxygens (including phenoxy) is 2. The summed E-state index contributed by atoms with van der Waals surface area (Å²) >= 11 is 0. The molecule has 0 saturated carbocycles. The summed E-state index contributed by atoms with van der Waals surface area (Å²) in [7, 11) is 0. The van der Waals surface area contributed by atoms with Gasteiger partial charge in [0.2, 0.25) is 0 Å². The van der Waals surface area contributed by atoms with Gasteiger partial charge < -0.3 is 9.47 Å². The highest BCUT2D eigenvalue weighted by Crippen LogP contribution is 2.45. The molecule has 1 aliphatic rings. The maximum Gasteiger partial charge on any atom is 0.163 e. The van der Waals surface area contributed by atoms with Crippen LogP contribution >= 0.6 is 0 Å². The number of hydrogen-bond donors (Lipinski definition) is 0. The maximum atomic E-state index is 13.2. The van der Waals surface area contributed by atoms with E-state index in [1.165, 1.54) is 11.9 Å². The Morgan fingerprint density at radius 1 is 1.08 bits per heavy atom. The molecule has 1 atom stereocenters. The fraction of sp³-hybridized carbons (Fsp3) is 0.281. The summed E-state index contributed by atoms with van der Waals surface area (Å²) in [6.07, 6.45) is 6.93. The molecule has 0 amide bonds. The van der Waals surface area contributed by atoms with Crippen LogP contribution in [0.15, 0.2) is 61.3 Å². The summed E-state index contributed by atoms with van der Waals surface area (Å²) < 4.78 is 12.4. The number of benzene rings is 2. The van der Waals surface area contributed by atoms with Gasteiger partial charge in [-0.15, -0.1) is 0 Å². The van der Waals surface area contributed by atoms with Crippen LogP contribution in [0.4, 0.5) is 0 Å². The third kappa shape index (κ3) is 4.53. The molecule has 7 heteroatoms. The molecule has 2 aromatic carbocycles. The van der Waals surface area contributed by atoms with Gasteiger partial charge in [-0.1, -0.05) is 6.07 Å². The molecule has 7 nitrogen and oxygen atoms in total. The molecule has 1 aliphatic heterocycles. The largest absolute Gasteiger partial charge is 0.493 e. The van der Waals surface area contributed by atoms with Crippen molar-refractivity contribution in [2.24, 2.45) is 0 Å². The van der Waals surface area contributed by atoms with Crippen molar-refractivity contribution in [2.45, 2.75) is 52.7 Å². The van der Waals surface area contributed by atoms with E-state index in [4.69, 9.17) is 19.4 Å². The lowest BCUT2D eigenvalue weighted by Gasteiger charge is -2.30. The van der Waals surface area contributed by atoms with Crippen molar-refractivity contribution < 1.29 is 14.3 Å². The zero-order valence-electron chi connectivity index (χ0n) is 22.8. The SMILES string of the molecule is CC(=O)[C@@H](OC(C)(C)C)c1c(C)cc2nc(-c3cncnc3)ccc2c1-c1ccc2c3c(ccnc13)CCO2. The minimum absolute atomic E-state index is 0.0568. The Labute approximate surface area is 227 Å². The first-order valence-corrected chi connectivity index (χ1v) is 13.1. The van der Waals surface area contributed by atoms with Crippen LogP contribution < -0.4 is 4.74 Å². The van der Waals surface area contributed by atoms with Crippen LogP contribution in [-0.4, -0.2) is 37.9 Å².